The molecule has 1 rings (SSSR count). The van der Waals surface area contributed by atoms with Crippen molar-refractivity contribution in [2.75, 3.05) is 20.8 Å². The van der Waals surface area contributed by atoms with Gasteiger partial charge in [-0.05, 0) is 36.2 Å². The molecule has 1 aromatic rings. The molecule has 0 amide bonds. The summed E-state index contributed by atoms with van der Waals surface area (Å²) in [6.45, 7) is 0.454. The van der Waals surface area contributed by atoms with E-state index in [1.165, 1.54) is 38.2 Å². The highest BCUT2D eigenvalue weighted by atomic mass is 35.8. The zero-order valence-electron chi connectivity index (χ0n) is 17.9. The van der Waals surface area contributed by atoms with Gasteiger partial charge in [-0.3, -0.25) is 0 Å². The van der Waals surface area contributed by atoms with Gasteiger partial charge in [-0.15, -0.1) is 33.2 Å². The molecular formula is C22H33Cl3O4Si. The SMILES string of the molecule is COc1ccc(/C=C/C(=O)OCCCCCCCCCCC[Si](Cl)(Cl)Cl)cc1OC. The van der Waals surface area contributed by atoms with E-state index in [1.807, 2.05) is 12.1 Å². The minimum Gasteiger partial charge on any atom is -0.493 e. The van der Waals surface area contributed by atoms with Crippen LogP contribution in [0, 0.1) is 0 Å². The van der Waals surface area contributed by atoms with Crippen molar-refractivity contribution < 1.29 is 19.0 Å². The minimum atomic E-state index is -2.42. The smallest absolute Gasteiger partial charge is 0.341 e. The Balaban J connectivity index is 2.04. The molecule has 0 radical (unpaired) electrons. The lowest BCUT2D eigenvalue weighted by Crippen LogP contribution is -2.07. The Morgan fingerprint density at radius 2 is 1.43 bits per heavy atom. The highest BCUT2D eigenvalue weighted by molar-refractivity contribution is 7.64. The molecule has 0 bridgehead atoms. The summed E-state index contributed by atoms with van der Waals surface area (Å²) in [7, 11) is 3.17. The Labute approximate surface area is 195 Å². The fourth-order valence-corrected chi connectivity index (χ4v) is 4.86. The first-order valence-electron chi connectivity index (χ1n) is 10.5. The molecular weight excluding hydrogens is 463 g/mol. The first-order chi connectivity index (χ1) is 14.4. The number of halogens is 3. The van der Waals surface area contributed by atoms with Crippen LogP contribution in [0.4, 0.5) is 0 Å². The molecule has 0 aliphatic carbocycles. The van der Waals surface area contributed by atoms with E-state index in [0.717, 1.165) is 37.3 Å². The van der Waals surface area contributed by atoms with Crippen LogP contribution in [0.3, 0.4) is 0 Å². The molecule has 0 heterocycles. The molecule has 0 fully saturated rings. The van der Waals surface area contributed by atoms with Crippen molar-refractivity contribution in [2.24, 2.45) is 0 Å². The van der Waals surface area contributed by atoms with E-state index in [2.05, 4.69) is 0 Å². The van der Waals surface area contributed by atoms with E-state index in [1.54, 1.807) is 26.4 Å². The Kier molecular flexibility index (Phi) is 14.3. The third kappa shape index (κ3) is 13.4. The predicted octanol–water partition coefficient (Wildman–Crippen LogP) is 7.43. The number of rotatable bonds is 16. The lowest BCUT2D eigenvalue weighted by atomic mass is 10.1. The summed E-state index contributed by atoms with van der Waals surface area (Å²) in [5, 5.41) is 0. The van der Waals surface area contributed by atoms with Gasteiger partial charge in [0.25, 0.3) is 0 Å². The number of esters is 1. The summed E-state index contributed by atoms with van der Waals surface area (Å²) in [5.74, 6) is 0.943. The Bertz CT molecular complexity index is 648. The van der Waals surface area contributed by atoms with Crippen LogP contribution in [0.5, 0.6) is 11.5 Å². The zero-order valence-corrected chi connectivity index (χ0v) is 21.2. The first-order valence-corrected chi connectivity index (χ1v) is 15.7. The van der Waals surface area contributed by atoms with Crippen molar-refractivity contribution in [3.8, 4) is 11.5 Å². The number of unbranched alkanes of at least 4 members (excludes halogenated alkanes) is 8. The Morgan fingerprint density at radius 1 is 0.867 bits per heavy atom. The Morgan fingerprint density at radius 3 is 2.00 bits per heavy atom. The van der Waals surface area contributed by atoms with Crippen LogP contribution < -0.4 is 9.47 Å². The molecule has 170 valence electrons. The van der Waals surface area contributed by atoms with E-state index < -0.39 is 6.00 Å². The highest BCUT2D eigenvalue weighted by Crippen LogP contribution is 2.28. The molecule has 0 aliphatic heterocycles. The Hall–Kier alpha value is -0.883. The van der Waals surface area contributed by atoms with Gasteiger partial charge < -0.3 is 14.2 Å². The summed E-state index contributed by atoms with van der Waals surface area (Å²) < 4.78 is 15.7. The number of ether oxygens (including phenoxy) is 3. The van der Waals surface area contributed by atoms with Gasteiger partial charge in [-0.1, -0.05) is 57.4 Å². The van der Waals surface area contributed by atoms with Gasteiger partial charge in [0.1, 0.15) is 0 Å². The second kappa shape index (κ2) is 15.8. The number of methoxy groups -OCH3 is 2. The summed E-state index contributed by atoms with van der Waals surface area (Å²) in [5.41, 5.74) is 0.846. The third-order valence-electron chi connectivity index (χ3n) is 4.67. The second-order valence-electron chi connectivity index (χ2n) is 7.16. The van der Waals surface area contributed by atoms with Crippen LogP contribution in [0.15, 0.2) is 24.3 Å². The van der Waals surface area contributed by atoms with Crippen LogP contribution >= 0.6 is 33.2 Å². The van der Waals surface area contributed by atoms with Crippen molar-refractivity contribution in [1.82, 2.24) is 0 Å². The van der Waals surface area contributed by atoms with Crippen LogP contribution in [0.2, 0.25) is 6.04 Å². The quantitative estimate of drug-likeness (QED) is 0.0786. The lowest BCUT2D eigenvalue weighted by Gasteiger charge is -2.07. The summed E-state index contributed by atoms with van der Waals surface area (Å²) >= 11 is 17.6. The number of benzene rings is 1. The van der Waals surface area contributed by atoms with Crippen LogP contribution in [-0.4, -0.2) is 32.8 Å². The van der Waals surface area contributed by atoms with Gasteiger partial charge in [0.05, 0.1) is 20.8 Å². The zero-order chi connectivity index (χ0) is 22.2. The number of hydrogen-bond donors (Lipinski definition) is 0. The lowest BCUT2D eigenvalue weighted by molar-refractivity contribution is -0.137. The number of carbonyl (C=O) groups excluding carboxylic acids is 1. The average Bonchev–Trinajstić information content (AvgIpc) is 2.71. The molecule has 0 aliphatic rings. The molecule has 0 spiro atoms. The largest absolute Gasteiger partial charge is 0.493 e. The van der Waals surface area contributed by atoms with Gasteiger partial charge in [0.15, 0.2) is 11.5 Å². The third-order valence-corrected chi connectivity index (χ3v) is 7.29. The van der Waals surface area contributed by atoms with Crippen LogP contribution in [0.25, 0.3) is 6.08 Å². The highest BCUT2D eigenvalue weighted by Gasteiger charge is 2.23. The normalized spacial score (nSPS) is 11.6. The maximum absolute atomic E-state index is 11.8. The van der Waals surface area contributed by atoms with Gasteiger partial charge >= 0.3 is 12.0 Å². The van der Waals surface area contributed by atoms with Crippen molar-refractivity contribution >= 4 is 51.3 Å². The van der Waals surface area contributed by atoms with Crippen LogP contribution in [0.1, 0.15) is 63.4 Å². The average molecular weight is 496 g/mol. The van der Waals surface area contributed by atoms with Crippen LogP contribution in [-0.2, 0) is 9.53 Å². The van der Waals surface area contributed by atoms with E-state index in [-0.39, 0.29) is 5.97 Å². The molecule has 4 nitrogen and oxygen atoms in total. The number of hydrogen-bond acceptors (Lipinski definition) is 4. The standard InChI is InChI=1S/C22H33Cl3O4Si/c1-27-20-14-12-19(18-21(20)28-2)13-15-22(26)29-16-10-8-6-4-3-5-7-9-11-17-30(23,24)25/h12-15,18H,3-11,16-17H2,1-2H3/b15-13+. The maximum atomic E-state index is 11.8. The first kappa shape index (κ1) is 27.2. The second-order valence-corrected chi connectivity index (χ2v) is 16.4. The predicted molar refractivity (Wildman–Crippen MR) is 129 cm³/mol. The van der Waals surface area contributed by atoms with E-state index in [0.29, 0.717) is 18.1 Å². The number of carbonyl (C=O) groups is 1. The summed E-state index contributed by atoms with van der Waals surface area (Å²) in [4.78, 5) is 11.8. The topological polar surface area (TPSA) is 44.8 Å². The summed E-state index contributed by atoms with van der Waals surface area (Å²) in [6, 6.07) is 3.81. The van der Waals surface area contributed by atoms with Crippen molar-refractivity contribution in [1.29, 1.82) is 0 Å². The van der Waals surface area contributed by atoms with Crippen molar-refractivity contribution in [3.05, 3.63) is 29.8 Å². The molecule has 0 unspecified atom stereocenters. The fraction of sp³-hybridized carbons (Fsp3) is 0.591. The van der Waals surface area contributed by atoms with Gasteiger partial charge in [-0.25, -0.2) is 4.79 Å². The molecule has 30 heavy (non-hydrogen) atoms. The minimum absolute atomic E-state index is 0.331. The molecule has 8 heteroatoms. The molecule has 0 saturated heterocycles. The molecule has 0 N–H and O–H groups in total. The summed E-state index contributed by atoms with van der Waals surface area (Å²) in [6.07, 6.45) is 13.3. The monoisotopic (exact) mass is 494 g/mol. The van der Waals surface area contributed by atoms with E-state index >= 15 is 0 Å². The van der Waals surface area contributed by atoms with Gasteiger partial charge in [0, 0.05) is 6.08 Å². The van der Waals surface area contributed by atoms with E-state index in [9.17, 15) is 4.79 Å². The maximum Gasteiger partial charge on any atom is 0.341 e. The molecule has 0 atom stereocenters. The van der Waals surface area contributed by atoms with Gasteiger partial charge in [0.2, 0.25) is 0 Å². The fourth-order valence-electron chi connectivity index (χ4n) is 3.01. The van der Waals surface area contributed by atoms with Crippen molar-refractivity contribution in [2.45, 2.75) is 63.8 Å². The molecule has 0 aromatic heterocycles. The van der Waals surface area contributed by atoms with Gasteiger partial charge in [-0.2, -0.15) is 0 Å². The molecule has 0 saturated carbocycles. The molecule has 1 aromatic carbocycles. The van der Waals surface area contributed by atoms with E-state index in [4.69, 9.17) is 47.4 Å². The van der Waals surface area contributed by atoms with Crippen molar-refractivity contribution in [3.63, 3.8) is 0 Å².